The number of allylic oxidation sites excluding steroid dienone is 6. The number of fused-ring (bicyclic) bond motifs is 6. The predicted molar refractivity (Wildman–Crippen MR) is 311 cm³/mol. The van der Waals surface area contributed by atoms with Gasteiger partial charge in [-0.3, -0.25) is 4.79 Å². The first-order valence-corrected chi connectivity index (χ1v) is 33.6. The summed E-state index contributed by atoms with van der Waals surface area (Å²) in [7, 11) is -8.54. The molecule has 5 N–H and O–H groups in total. The molecule has 5 aromatic rings. The number of carbonyl (C=O) groups excluding carboxylic acids is 1. The molecule has 442 valence electrons. The molecule has 0 radical (unpaired) electrons. The zero-order chi connectivity index (χ0) is 59.4. The molecule has 3 aliphatic heterocycles. The van der Waals surface area contributed by atoms with E-state index < -0.39 is 50.9 Å². The number of aromatic amines is 1. The summed E-state index contributed by atoms with van der Waals surface area (Å²) >= 11 is 1.06. The number of hydrogen-bond acceptors (Lipinski definition) is 20. The number of H-pyrrole nitrogens is 1. The summed E-state index contributed by atoms with van der Waals surface area (Å²) in [5.41, 5.74) is 4.78. The van der Waals surface area contributed by atoms with Crippen molar-refractivity contribution < 1.29 is 81.7 Å². The largest absolute Gasteiger partial charge is 0.344 e. The van der Waals surface area contributed by atoms with E-state index in [1.165, 1.54) is 55.5 Å². The van der Waals surface area contributed by atoms with E-state index in [-0.39, 0.29) is 54.9 Å². The van der Waals surface area contributed by atoms with Crippen molar-refractivity contribution >= 4 is 77.8 Å². The van der Waals surface area contributed by atoms with E-state index in [0.717, 1.165) is 55.2 Å². The molecule has 0 bridgehead atoms. The first kappa shape index (κ1) is 63.0. The Morgan fingerprint density at radius 2 is 1.55 bits per heavy atom. The molecule has 1 fully saturated rings. The maximum absolute atomic E-state index is 12.9. The summed E-state index contributed by atoms with van der Waals surface area (Å²) in [6.07, 6.45) is 5.37. The summed E-state index contributed by atoms with van der Waals surface area (Å²) in [6.45, 7) is 10.8. The molecule has 8 rings (SSSR count). The second-order valence-corrected chi connectivity index (χ2v) is 33.1. The van der Waals surface area contributed by atoms with Crippen LogP contribution in [0.15, 0.2) is 125 Å². The first-order valence-electron chi connectivity index (χ1n) is 26.7. The van der Waals surface area contributed by atoms with Gasteiger partial charge in [-0.1, -0.05) is 91.7 Å². The summed E-state index contributed by atoms with van der Waals surface area (Å²) in [6, 6.07) is 25.8. The van der Waals surface area contributed by atoms with Gasteiger partial charge in [0.2, 0.25) is 11.6 Å². The molecule has 0 aliphatic carbocycles. The maximum atomic E-state index is 12.9. The van der Waals surface area contributed by atoms with Gasteiger partial charge < -0.3 is 10.2 Å². The van der Waals surface area contributed by atoms with Gasteiger partial charge in [0.05, 0.1) is 5.41 Å². The van der Waals surface area contributed by atoms with Gasteiger partial charge in [-0.2, -0.15) is 4.58 Å². The SMILES string of the molecule is CC1(C)C(=CC=CC=CC2=[N+](CCCCCC(=O)NCCOCC#Cc3cn(C4CCC(CP(OOO)(OOO)(P(=O)=O)P(=O)=O)O4)c(=O)[nH]c3=O)c3ccc4ccccc4c3C2(C)C)N(CCCSOOO)c2ccc3ccccc3c21. The molecule has 1 aromatic heterocycles. The van der Waals surface area contributed by atoms with Crippen molar-refractivity contribution in [1.82, 2.24) is 14.9 Å². The van der Waals surface area contributed by atoms with E-state index in [2.05, 4.69) is 191 Å². The van der Waals surface area contributed by atoms with E-state index in [0.29, 0.717) is 18.6 Å². The van der Waals surface area contributed by atoms with Crippen LogP contribution in [0.5, 0.6) is 0 Å². The number of nitrogens with zero attached hydrogens (tertiary/aromatic N) is 3. The zero-order valence-corrected chi connectivity index (χ0v) is 49.5. The second-order valence-electron chi connectivity index (χ2n) is 20.9. The molecule has 4 aromatic carbocycles. The van der Waals surface area contributed by atoms with E-state index in [1.807, 2.05) is 0 Å². The van der Waals surface area contributed by atoms with Crippen LogP contribution in [-0.4, -0.2) is 92.4 Å². The Morgan fingerprint density at radius 1 is 0.855 bits per heavy atom. The van der Waals surface area contributed by atoms with Crippen molar-refractivity contribution in [3.05, 3.63) is 153 Å². The number of nitrogens with one attached hydrogen (secondary N) is 2. The molecule has 2 atom stereocenters. The Bertz CT molecular complexity index is 3650. The van der Waals surface area contributed by atoms with Gasteiger partial charge in [0, 0.05) is 78.2 Å². The summed E-state index contributed by atoms with van der Waals surface area (Å²) in [4.78, 5) is 42.7. The first-order chi connectivity index (χ1) is 39.9. The second kappa shape index (κ2) is 27.8. The number of benzene rings is 4. The molecule has 0 saturated carbocycles. The minimum Gasteiger partial charge on any atom is -0.344 e. The van der Waals surface area contributed by atoms with Gasteiger partial charge >= 0.3 is 177 Å². The van der Waals surface area contributed by atoms with Crippen LogP contribution in [0.2, 0.25) is 0 Å². The molecule has 4 heterocycles. The van der Waals surface area contributed by atoms with Gasteiger partial charge in [0.15, 0.2) is 5.71 Å². The Morgan fingerprint density at radius 3 is 2.25 bits per heavy atom. The number of carbonyl (C=O) groups is 1. The van der Waals surface area contributed by atoms with Crippen LogP contribution < -0.4 is 21.5 Å². The molecule has 1 amide bonds. The molecule has 27 heteroatoms. The third-order valence-corrected chi connectivity index (χ3v) is 27.0. The average molecular weight is 1220 g/mol. The summed E-state index contributed by atoms with van der Waals surface area (Å²) in [5, 5.41) is 44.6. The average Bonchev–Trinajstić information content (AvgIpc) is 3.08. The van der Waals surface area contributed by atoms with Gasteiger partial charge in [-0.05, 0) is 78.4 Å². The Hall–Kier alpha value is -6.06. The minimum absolute atomic E-state index is 0.00525. The number of unbranched alkanes of at least 4 members (excludes halogenated alkanes) is 2. The third kappa shape index (κ3) is 13.4. The van der Waals surface area contributed by atoms with Gasteiger partial charge in [0.25, 0.3) is 0 Å². The van der Waals surface area contributed by atoms with Crippen LogP contribution in [0, 0.1) is 11.8 Å². The molecule has 0 spiro atoms. The standard InChI is InChI=1S/C56H64N5O18P3S/c1-55(2)47(22-7-5-8-23-48-56(3,4)52-44-21-13-11-18-40(44)26-29-46(52)60(48)33-16-36-83-79-76-67)59(45-28-25-39-17-10-12-20-43(39)51(45)55)32-14-6-9-24-49(62)57-31-35-72-34-15-19-41-37-61(54(64)58-53(41)63)50-30-27-42(73-50)38-82(77-74-65,78-75-66,80(68)69)81(70)71/h5,7-8,10-13,17-18,20-23,25-26,28-29,37,42,50H,6,9,14,16,24,27,30-36,38H2,1-4H3,(H4-,57,58,62,63,64,65,66,67)/p+1. The monoisotopic (exact) mass is 1220 g/mol. The van der Waals surface area contributed by atoms with Crippen LogP contribution in [0.3, 0.4) is 0 Å². The van der Waals surface area contributed by atoms with Gasteiger partial charge in [-0.25, -0.2) is 5.26 Å². The minimum atomic E-state index is -6.21. The van der Waals surface area contributed by atoms with Crippen molar-refractivity contribution in [3.8, 4) is 11.8 Å². The van der Waals surface area contributed by atoms with Gasteiger partial charge in [-0.15, -0.1) is 4.33 Å². The quantitative estimate of drug-likeness (QED) is 0.00454. The van der Waals surface area contributed by atoms with E-state index >= 15 is 0 Å². The smallest absolute Gasteiger partial charge is 0.210 e. The molecule has 1 saturated heterocycles. The summed E-state index contributed by atoms with van der Waals surface area (Å²) < 4.78 is 76.7. The molecule has 23 nitrogen and oxygen atoms in total. The van der Waals surface area contributed by atoms with Crippen LogP contribution >= 0.6 is 33.2 Å². The van der Waals surface area contributed by atoms with Crippen molar-refractivity contribution in [2.75, 3.05) is 49.7 Å². The summed E-state index contributed by atoms with van der Waals surface area (Å²) in [5.74, 6) is 5.80. The normalized spacial score (nSPS) is 18.2. The molecular formula is C56H65N5O18P3S+. The van der Waals surface area contributed by atoms with E-state index in [1.54, 1.807) is 0 Å². The van der Waals surface area contributed by atoms with Crippen LogP contribution in [-0.2, 0) is 72.2 Å². The molecular weight excluding hydrogens is 1160 g/mol. The van der Waals surface area contributed by atoms with Crippen LogP contribution in [0.1, 0.15) is 95.6 Å². The van der Waals surface area contributed by atoms with Gasteiger partial charge in [0.1, 0.15) is 6.54 Å². The van der Waals surface area contributed by atoms with Crippen molar-refractivity contribution in [1.29, 1.82) is 0 Å². The fourth-order valence-corrected chi connectivity index (χ4v) is 17.9. The number of aromatic nitrogens is 2. The molecule has 3 aliphatic rings. The Balaban J connectivity index is 0.846. The van der Waals surface area contributed by atoms with Crippen molar-refractivity contribution in [2.24, 2.45) is 0 Å². The molecule has 2 unspecified atom stereocenters. The fourth-order valence-electron chi connectivity index (χ4n) is 11.3. The topological polar surface area (TPSA) is 293 Å². The fraction of sp³-hybridized carbons (Fsp3) is 0.393. The van der Waals surface area contributed by atoms with Crippen molar-refractivity contribution in [3.63, 3.8) is 0 Å². The maximum Gasteiger partial charge on any atom is 0.210 e. The number of hydrogen-bond donors (Lipinski definition) is 5. The number of amides is 1. The van der Waals surface area contributed by atoms with Crippen LogP contribution in [0.25, 0.3) is 21.5 Å². The number of ether oxygens (including phenoxy) is 2. The van der Waals surface area contributed by atoms with Crippen LogP contribution in [0.4, 0.5) is 11.4 Å². The predicted octanol–water partition coefficient (Wildman–Crippen LogP) is 11.3. The Kier molecular flexibility index (Phi) is 21.1. The number of rotatable bonds is 28. The van der Waals surface area contributed by atoms with E-state index in [9.17, 15) is 32.6 Å². The molecule has 83 heavy (non-hydrogen) atoms. The van der Waals surface area contributed by atoms with Crippen molar-refractivity contribution in [2.45, 2.75) is 95.8 Å². The number of anilines is 1. The Labute approximate surface area is 482 Å². The third-order valence-electron chi connectivity index (χ3n) is 15.1. The van der Waals surface area contributed by atoms with E-state index in [4.69, 9.17) is 25.2 Å². The zero-order valence-electron chi connectivity index (χ0n) is 46.0.